The van der Waals surface area contributed by atoms with Gasteiger partial charge < -0.3 is 19.4 Å². The van der Waals surface area contributed by atoms with E-state index in [1.54, 1.807) is 27.7 Å². The zero-order chi connectivity index (χ0) is 9.57. The molecule has 0 aromatic rings. The van der Waals surface area contributed by atoms with E-state index in [9.17, 15) is 9.90 Å². The Labute approximate surface area is 99.9 Å². The Morgan fingerprint density at radius 1 is 1.31 bits per heavy atom. The summed E-state index contributed by atoms with van der Waals surface area (Å²) in [6.45, 7) is 6.69. The molecule has 1 rings (SSSR count). The largest absolute Gasteiger partial charge is 1.00 e. The first-order valence-electron chi connectivity index (χ1n) is 3.83. The summed E-state index contributed by atoms with van der Waals surface area (Å²) in [5.74, 6) is -2.07. The Morgan fingerprint density at radius 2 is 1.77 bits per heavy atom. The van der Waals surface area contributed by atoms with Crippen molar-refractivity contribution in [2.24, 2.45) is 0 Å². The van der Waals surface area contributed by atoms with E-state index >= 15 is 0 Å². The van der Waals surface area contributed by atoms with Crippen molar-refractivity contribution in [1.29, 1.82) is 0 Å². The van der Waals surface area contributed by atoms with Crippen molar-refractivity contribution in [3.8, 4) is 0 Å². The molecule has 1 heterocycles. The molecule has 0 aromatic carbocycles. The first kappa shape index (κ1) is 13.4. The Bertz CT molecular complexity index is 212. The Morgan fingerprint density at radius 3 is 1.92 bits per heavy atom. The summed E-state index contributed by atoms with van der Waals surface area (Å²) in [6.07, 6.45) is -0.993. The number of ether oxygens (including phenoxy) is 2. The van der Waals surface area contributed by atoms with Crippen LogP contribution >= 0.6 is 0 Å². The molecule has 1 aliphatic rings. The van der Waals surface area contributed by atoms with Gasteiger partial charge in [-0.05, 0) is 27.7 Å². The number of hydrogen-bond donors (Lipinski definition) is 0. The maximum atomic E-state index is 10.6. The first-order valence-corrected chi connectivity index (χ1v) is 3.83. The van der Waals surface area contributed by atoms with E-state index < -0.39 is 23.5 Å². The van der Waals surface area contributed by atoms with Crippen LogP contribution in [0.3, 0.4) is 0 Å². The van der Waals surface area contributed by atoms with E-state index in [4.69, 9.17) is 9.47 Å². The molecule has 4 nitrogen and oxygen atoms in total. The number of hydrogen-bond acceptors (Lipinski definition) is 4. The average Bonchev–Trinajstić information content (AvgIpc) is 1.99. The van der Waals surface area contributed by atoms with Crippen LogP contribution < -0.4 is 34.7 Å². The normalized spacial score (nSPS) is 29.4. The topological polar surface area (TPSA) is 58.6 Å². The van der Waals surface area contributed by atoms with Crippen LogP contribution in [0.4, 0.5) is 0 Å². The van der Waals surface area contributed by atoms with Crippen molar-refractivity contribution < 1.29 is 48.9 Å². The van der Waals surface area contributed by atoms with Gasteiger partial charge in [-0.2, -0.15) is 0 Å². The monoisotopic (exact) mass is 196 g/mol. The van der Waals surface area contributed by atoms with E-state index in [-0.39, 0.29) is 29.6 Å². The van der Waals surface area contributed by atoms with Crippen LogP contribution in [-0.2, 0) is 14.3 Å². The first-order chi connectivity index (χ1) is 5.25. The van der Waals surface area contributed by atoms with Gasteiger partial charge in [0.15, 0.2) is 5.79 Å². The summed E-state index contributed by atoms with van der Waals surface area (Å²) in [7, 11) is 0. The summed E-state index contributed by atoms with van der Waals surface area (Å²) < 4.78 is 10.5. The number of carbonyl (C=O) groups excluding carboxylic acids is 1. The van der Waals surface area contributed by atoms with Crippen molar-refractivity contribution in [2.45, 2.75) is 45.2 Å². The van der Waals surface area contributed by atoms with Gasteiger partial charge in [-0.15, -0.1) is 0 Å². The van der Waals surface area contributed by atoms with Crippen molar-refractivity contribution in [2.75, 3.05) is 0 Å². The van der Waals surface area contributed by atoms with E-state index in [1.807, 2.05) is 0 Å². The van der Waals surface area contributed by atoms with Gasteiger partial charge >= 0.3 is 29.6 Å². The fourth-order valence-corrected chi connectivity index (χ4v) is 1.47. The van der Waals surface area contributed by atoms with Gasteiger partial charge in [0.1, 0.15) is 6.10 Å². The summed E-state index contributed by atoms with van der Waals surface area (Å²) in [5, 5.41) is 10.6. The van der Waals surface area contributed by atoms with Crippen LogP contribution in [-0.4, -0.2) is 23.5 Å². The molecule has 0 bridgehead atoms. The summed E-state index contributed by atoms with van der Waals surface area (Å²) in [5.41, 5.74) is -0.817. The van der Waals surface area contributed by atoms with Gasteiger partial charge in [0.25, 0.3) is 0 Å². The fourth-order valence-electron chi connectivity index (χ4n) is 1.47. The molecule has 70 valence electrons. The molecule has 0 aromatic heterocycles. The summed E-state index contributed by atoms with van der Waals surface area (Å²) in [4.78, 5) is 10.6. The molecule has 0 spiro atoms. The van der Waals surface area contributed by atoms with Gasteiger partial charge in [0.2, 0.25) is 0 Å². The van der Waals surface area contributed by atoms with Crippen molar-refractivity contribution in [3.05, 3.63) is 0 Å². The smallest absolute Gasteiger partial charge is 0.547 e. The molecule has 0 aliphatic carbocycles. The zero-order valence-electron chi connectivity index (χ0n) is 8.71. The quantitative estimate of drug-likeness (QED) is 0.412. The minimum absolute atomic E-state index is 0. The second-order valence-corrected chi connectivity index (χ2v) is 3.92. The molecule has 1 unspecified atom stereocenters. The zero-order valence-corrected chi connectivity index (χ0v) is 10.7. The predicted octanol–water partition coefficient (Wildman–Crippen LogP) is -3.33. The van der Waals surface area contributed by atoms with Crippen LogP contribution in [0.2, 0.25) is 0 Å². The molecule has 13 heavy (non-hydrogen) atoms. The minimum atomic E-state index is -1.23. The Balaban J connectivity index is 0.00000144. The third-order valence-corrected chi connectivity index (χ3v) is 1.76. The predicted molar refractivity (Wildman–Crippen MR) is 39.1 cm³/mol. The van der Waals surface area contributed by atoms with E-state index in [0.717, 1.165) is 0 Å². The molecule has 0 N–H and O–H groups in total. The third-order valence-electron chi connectivity index (χ3n) is 1.76. The van der Waals surface area contributed by atoms with Crippen LogP contribution in [0.25, 0.3) is 0 Å². The van der Waals surface area contributed by atoms with Crippen molar-refractivity contribution >= 4 is 5.97 Å². The summed E-state index contributed by atoms with van der Waals surface area (Å²) >= 11 is 0. The minimum Gasteiger partial charge on any atom is -0.547 e. The van der Waals surface area contributed by atoms with Gasteiger partial charge in [-0.1, -0.05) is 0 Å². The number of aliphatic carboxylic acids is 1. The van der Waals surface area contributed by atoms with Gasteiger partial charge in [-0.25, -0.2) is 0 Å². The number of carboxylic acid groups (broad SMARTS) is 1. The molecule has 1 saturated heterocycles. The molecular weight excluding hydrogens is 183 g/mol. The molecule has 0 saturated carbocycles. The van der Waals surface area contributed by atoms with Crippen molar-refractivity contribution in [1.82, 2.24) is 0 Å². The molecule has 1 fully saturated rings. The van der Waals surface area contributed by atoms with Gasteiger partial charge in [-0.3, -0.25) is 0 Å². The molecule has 0 amide bonds. The molecular formula is C8H13NaO4. The molecule has 1 aliphatic heterocycles. The van der Waals surface area contributed by atoms with E-state index in [1.165, 1.54) is 0 Å². The average molecular weight is 196 g/mol. The molecule has 1 atom stereocenters. The SMILES string of the molecule is CC1(C)OC(C(=O)[O-])C(C)(C)O1.[Na+]. The summed E-state index contributed by atoms with van der Waals surface area (Å²) in [6, 6.07) is 0. The standard InChI is InChI=1S/C8H14O4.Na/c1-7(2)5(6(9)10)11-8(3,4)12-7;/h5H,1-4H3,(H,9,10);/q;+1/p-1. The number of rotatable bonds is 1. The van der Waals surface area contributed by atoms with E-state index in [0.29, 0.717) is 0 Å². The van der Waals surface area contributed by atoms with E-state index in [2.05, 4.69) is 0 Å². The maximum absolute atomic E-state index is 10.6. The van der Waals surface area contributed by atoms with Crippen LogP contribution in [0.1, 0.15) is 27.7 Å². The third kappa shape index (κ3) is 2.92. The van der Waals surface area contributed by atoms with Crippen LogP contribution in [0, 0.1) is 0 Å². The Hall–Kier alpha value is 0.390. The maximum Gasteiger partial charge on any atom is 1.00 e. The number of carboxylic acids is 1. The van der Waals surface area contributed by atoms with Gasteiger partial charge in [0.05, 0.1) is 11.6 Å². The second kappa shape index (κ2) is 3.87. The fraction of sp³-hybridized carbons (Fsp3) is 0.875. The van der Waals surface area contributed by atoms with Crippen LogP contribution in [0.5, 0.6) is 0 Å². The number of carbonyl (C=O) groups is 1. The molecule has 0 radical (unpaired) electrons. The molecule has 5 heteroatoms. The van der Waals surface area contributed by atoms with Crippen molar-refractivity contribution in [3.63, 3.8) is 0 Å². The van der Waals surface area contributed by atoms with Crippen LogP contribution in [0.15, 0.2) is 0 Å². The van der Waals surface area contributed by atoms with Gasteiger partial charge in [0, 0.05) is 0 Å². The Kier molecular flexibility index (Phi) is 3.98. The second-order valence-electron chi connectivity index (χ2n) is 3.92.